The number of fused-ring (bicyclic) bond motifs is 2. The van der Waals surface area contributed by atoms with Gasteiger partial charge in [0.15, 0.2) is 5.76 Å². The highest BCUT2D eigenvalue weighted by Gasteiger charge is 2.29. The quantitative estimate of drug-likeness (QED) is 0.475. The van der Waals surface area contributed by atoms with Crippen LogP contribution in [-0.2, 0) is 11.4 Å². The molecule has 29 heavy (non-hydrogen) atoms. The molecule has 0 aliphatic heterocycles. The number of aryl methyl sites for hydroxylation is 1. The minimum atomic E-state index is -1.72. The molecule has 1 amide bonds. The van der Waals surface area contributed by atoms with Gasteiger partial charge >= 0.3 is 5.91 Å². The van der Waals surface area contributed by atoms with Gasteiger partial charge in [-0.25, -0.2) is 4.98 Å². The van der Waals surface area contributed by atoms with Crippen LogP contribution in [0.3, 0.4) is 0 Å². The van der Waals surface area contributed by atoms with Gasteiger partial charge in [0.1, 0.15) is 22.5 Å². The molecule has 4 rings (SSSR count). The second-order valence-electron chi connectivity index (χ2n) is 7.06. The zero-order valence-corrected chi connectivity index (χ0v) is 17.5. The molecule has 0 bridgehead atoms. The van der Waals surface area contributed by atoms with E-state index in [1.54, 1.807) is 12.1 Å². The number of hydrogen-bond donors (Lipinski definition) is 0. The van der Waals surface area contributed by atoms with Crippen molar-refractivity contribution < 1.29 is 13.8 Å². The number of amides is 1. The molecule has 2 aromatic carbocycles. The molecule has 1 unspecified atom stereocenters. The molecule has 148 valence electrons. The van der Waals surface area contributed by atoms with Gasteiger partial charge in [-0.3, -0.25) is 4.79 Å². The molecule has 0 spiro atoms. The largest absolute Gasteiger partial charge is 0.588 e. The molecule has 2 heterocycles. The van der Waals surface area contributed by atoms with Crippen molar-refractivity contribution >= 4 is 44.8 Å². The third kappa shape index (κ3) is 3.54. The Balaban J connectivity index is 1.67. The molecule has 7 heteroatoms. The summed E-state index contributed by atoms with van der Waals surface area (Å²) in [5, 5.41) is 1.70. The molecule has 0 saturated heterocycles. The van der Waals surface area contributed by atoms with Crippen LogP contribution in [0.25, 0.3) is 21.9 Å². The third-order valence-electron chi connectivity index (χ3n) is 4.78. The predicted molar refractivity (Wildman–Crippen MR) is 116 cm³/mol. The molecule has 0 aliphatic carbocycles. The van der Waals surface area contributed by atoms with E-state index in [0.29, 0.717) is 16.0 Å². The van der Waals surface area contributed by atoms with Gasteiger partial charge in [-0.05, 0) is 37.3 Å². The first-order valence-corrected chi connectivity index (χ1v) is 10.2. The topological polar surface area (TPSA) is 72.6 Å². The molecule has 4 aromatic rings. The summed E-state index contributed by atoms with van der Waals surface area (Å²) in [4.78, 5) is 19.9. The van der Waals surface area contributed by atoms with Crippen LogP contribution in [0.1, 0.15) is 16.2 Å². The number of carbonyl (C=O) groups excluding carboxylic acids is 1. The van der Waals surface area contributed by atoms with E-state index >= 15 is 0 Å². The van der Waals surface area contributed by atoms with Crippen LogP contribution in [0.5, 0.6) is 0 Å². The fourth-order valence-electron chi connectivity index (χ4n) is 3.14. The number of furan rings is 1. The SMILES string of the molecule is Cc1ccc2cccc([S+]([O-])N(C)C(=O)c3cc4ccc(N(C)C)cc4o3)c2n1. The molecule has 6 nitrogen and oxygen atoms in total. The van der Waals surface area contributed by atoms with Crippen LogP contribution in [0.4, 0.5) is 5.69 Å². The highest BCUT2D eigenvalue weighted by atomic mass is 32.2. The van der Waals surface area contributed by atoms with Crippen molar-refractivity contribution in [2.75, 3.05) is 26.0 Å². The predicted octanol–water partition coefficient (Wildman–Crippen LogP) is 4.15. The van der Waals surface area contributed by atoms with Crippen LogP contribution in [0.15, 0.2) is 63.9 Å². The van der Waals surface area contributed by atoms with Crippen molar-refractivity contribution in [3.63, 3.8) is 0 Å². The highest BCUT2D eigenvalue weighted by molar-refractivity contribution is 7.89. The van der Waals surface area contributed by atoms with Gasteiger partial charge in [0, 0.05) is 42.3 Å². The molecular formula is C22H21N3O3S. The lowest BCUT2D eigenvalue weighted by Gasteiger charge is -2.19. The van der Waals surface area contributed by atoms with Crippen molar-refractivity contribution in [3.05, 3.63) is 66.1 Å². The number of rotatable bonds is 4. The molecular weight excluding hydrogens is 386 g/mol. The fraction of sp³-hybridized carbons (Fsp3) is 0.182. The Bertz CT molecular complexity index is 1220. The molecule has 0 aliphatic rings. The van der Waals surface area contributed by atoms with E-state index in [-0.39, 0.29) is 5.76 Å². The van der Waals surface area contributed by atoms with Gasteiger partial charge < -0.3 is 13.9 Å². The standard InChI is InChI=1S/C22H21N3O3S/c1-14-8-9-15-6-5-7-20(21(15)23-14)29(27)25(4)22(26)19-12-16-10-11-17(24(2)3)13-18(16)28-19/h5-13H,1-4H3. The first-order valence-electron chi connectivity index (χ1n) is 9.12. The summed E-state index contributed by atoms with van der Waals surface area (Å²) < 4.78 is 20.1. The smallest absolute Gasteiger partial charge is 0.330 e. The van der Waals surface area contributed by atoms with Crippen LogP contribution >= 0.6 is 0 Å². The summed E-state index contributed by atoms with van der Waals surface area (Å²) in [5.74, 6) is -0.299. The number of hydrogen-bond acceptors (Lipinski definition) is 5. The van der Waals surface area contributed by atoms with Gasteiger partial charge in [0.25, 0.3) is 0 Å². The van der Waals surface area contributed by atoms with E-state index in [1.165, 1.54) is 11.4 Å². The molecule has 2 aromatic heterocycles. The van der Waals surface area contributed by atoms with Crippen molar-refractivity contribution in [1.29, 1.82) is 0 Å². The van der Waals surface area contributed by atoms with Crippen LogP contribution in [0.2, 0.25) is 0 Å². The van der Waals surface area contributed by atoms with E-state index in [1.807, 2.05) is 68.4 Å². The molecule has 0 radical (unpaired) electrons. The molecule has 0 saturated carbocycles. The van der Waals surface area contributed by atoms with Gasteiger partial charge in [0.05, 0.1) is 7.05 Å². The Kier molecular flexibility index (Phi) is 4.94. The van der Waals surface area contributed by atoms with E-state index in [0.717, 1.165) is 22.2 Å². The number of benzene rings is 2. The average molecular weight is 407 g/mol. The van der Waals surface area contributed by atoms with Crippen LogP contribution in [0, 0.1) is 6.92 Å². The van der Waals surface area contributed by atoms with Crippen LogP contribution < -0.4 is 4.90 Å². The van der Waals surface area contributed by atoms with Crippen LogP contribution in [-0.4, -0.2) is 40.9 Å². The first kappa shape index (κ1) is 19.3. The summed E-state index contributed by atoms with van der Waals surface area (Å²) in [5.41, 5.74) is 3.04. The monoisotopic (exact) mass is 407 g/mol. The van der Waals surface area contributed by atoms with Crippen molar-refractivity contribution in [2.24, 2.45) is 0 Å². The minimum absolute atomic E-state index is 0.149. The lowest BCUT2D eigenvalue weighted by atomic mass is 10.2. The first-order chi connectivity index (χ1) is 13.8. The number of aromatic nitrogens is 1. The van der Waals surface area contributed by atoms with Crippen molar-refractivity contribution in [2.45, 2.75) is 11.8 Å². The Morgan fingerprint density at radius 3 is 2.55 bits per heavy atom. The van der Waals surface area contributed by atoms with Gasteiger partial charge in [-0.1, -0.05) is 18.2 Å². The number of carbonyl (C=O) groups is 1. The zero-order chi connectivity index (χ0) is 20.7. The second kappa shape index (κ2) is 7.42. The van der Waals surface area contributed by atoms with Gasteiger partial charge in [-0.15, -0.1) is 0 Å². The maximum Gasteiger partial charge on any atom is 0.330 e. The number of anilines is 1. The Morgan fingerprint density at radius 2 is 1.79 bits per heavy atom. The molecule has 0 N–H and O–H groups in total. The lowest BCUT2D eigenvalue weighted by molar-refractivity contribution is 0.0855. The summed E-state index contributed by atoms with van der Waals surface area (Å²) in [6.07, 6.45) is 0. The van der Waals surface area contributed by atoms with Crippen molar-refractivity contribution in [3.8, 4) is 0 Å². The lowest BCUT2D eigenvalue weighted by Crippen LogP contribution is -2.33. The normalized spacial score (nSPS) is 12.3. The van der Waals surface area contributed by atoms with E-state index in [4.69, 9.17) is 4.42 Å². The Labute approximate surface area is 172 Å². The van der Waals surface area contributed by atoms with E-state index in [2.05, 4.69) is 4.98 Å². The maximum atomic E-state index is 13.2. The van der Waals surface area contributed by atoms with Gasteiger partial charge in [-0.2, -0.15) is 4.31 Å². The van der Waals surface area contributed by atoms with Gasteiger partial charge in [0.2, 0.25) is 4.90 Å². The Morgan fingerprint density at radius 1 is 1.03 bits per heavy atom. The molecule has 0 fully saturated rings. The van der Waals surface area contributed by atoms with E-state index in [9.17, 15) is 9.35 Å². The third-order valence-corrected chi connectivity index (χ3v) is 6.15. The number of pyridine rings is 1. The minimum Gasteiger partial charge on any atom is -0.588 e. The number of para-hydroxylation sites is 1. The Hall–Kier alpha value is -3.03. The summed E-state index contributed by atoms with van der Waals surface area (Å²) in [6.45, 7) is 1.88. The summed E-state index contributed by atoms with van der Waals surface area (Å²) in [7, 11) is 5.38. The summed E-state index contributed by atoms with van der Waals surface area (Å²) >= 11 is -1.72. The zero-order valence-electron chi connectivity index (χ0n) is 16.7. The molecule has 1 atom stereocenters. The fourth-order valence-corrected chi connectivity index (χ4v) is 4.20. The van der Waals surface area contributed by atoms with Crippen molar-refractivity contribution in [1.82, 2.24) is 9.29 Å². The number of nitrogens with zero attached hydrogens (tertiary/aromatic N) is 3. The average Bonchev–Trinajstić information content (AvgIpc) is 3.15. The summed E-state index contributed by atoms with van der Waals surface area (Å²) in [6, 6.07) is 16.7. The van der Waals surface area contributed by atoms with E-state index < -0.39 is 17.3 Å². The second-order valence-corrected chi connectivity index (χ2v) is 8.55. The highest BCUT2D eigenvalue weighted by Crippen LogP contribution is 2.28. The maximum absolute atomic E-state index is 13.2.